The number of ether oxygens (including phenoxy) is 3. The van der Waals surface area contributed by atoms with Crippen molar-refractivity contribution in [2.75, 3.05) is 40.5 Å². The average Bonchev–Trinajstić information content (AvgIpc) is 3.43. The van der Waals surface area contributed by atoms with Crippen LogP contribution in [0.1, 0.15) is 17.7 Å². The molecule has 1 aliphatic heterocycles. The van der Waals surface area contributed by atoms with E-state index in [4.69, 9.17) is 23.6 Å². The lowest BCUT2D eigenvalue weighted by Gasteiger charge is -2.15. The fourth-order valence-electron chi connectivity index (χ4n) is 3.07. The molecule has 2 N–H and O–H groups in total. The molecule has 2 heterocycles. The predicted octanol–water partition coefficient (Wildman–Crippen LogP) is 3.23. The molecule has 2 aromatic rings. The zero-order valence-corrected chi connectivity index (χ0v) is 19.3. The van der Waals surface area contributed by atoms with Crippen molar-refractivity contribution >= 4 is 29.9 Å². The molecule has 0 bridgehead atoms. The second-order valence-electron chi connectivity index (χ2n) is 6.72. The number of aliphatic imine (C=N–C) groups is 1. The molecule has 1 atom stereocenters. The second-order valence-corrected chi connectivity index (χ2v) is 6.72. The number of methoxy groups -OCH3 is 2. The van der Waals surface area contributed by atoms with Gasteiger partial charge in [0, 0.05) is 32.0 Å². The third-order valence-corrected chi connectivity index (χ3v) is 4.69. The van der Waals surface area contributed by atoms with Crippen molar-refractivity contribution in [1.82, 2.24) is 10.6 Å². The normalized spacial score (nSPS) is 16.2. The maximum atomic E-state index is 5.46. The first-order chi connectivity index (χ1) is 13.8. The monoisotopic (exact) mass is 515 g/mol. The molecular weight excluding hydrogens is 485 g/mol. The molecule has 1 unspecified atom stereocenters. The smallest absolute Gasteiger partial charge is 0.191 e. The summed E-state index contributed by atoms with van der Waals surface area (Å²) in [5.74, 6) is 3.69. The van der Waals surface area contributed by atoms with Gasteiger partial charge in [-0.2, -0.15) is 0 Å². The van der Waals surface area contributed by atoms with Crippen LogP contribution in [0.3, 0.4) is 0 Å². The molecular formula is C21H30IN3O4. The van der Waals surface area contributed by atoms with Crippen LogP contribution in [0, 0.1) is 5.92 Å². The van der Waals surface area contributed by atoms with Crippen molar-refractivity contribution in [1.29, 1.82) is 0 Å². The molecule has 1 aliphatic rings. The molecule has 1 fully saturated rings. The molecule has 0 saturated carbocycles. The second kappa shape index (κ2) is 12.6. The Morgan fingerprint density at radius 3 is 2.72 bits per heavy atom. The topological polar surface area (TPSA) is 77.2 Å². The Balaban J connectivity index is 0.00000300. The maximum Gasteiger partial charge on any atom is 0.191 e. The van der Waals surface area contributed by atoms with Gasteiger partial charge in [-0.3, -0.25) is 0 Å². The largest absolute Gasteiger partial charge is 0.493 e. The van der Waals surface area contributed by atoms with Crippen LogP contribution >= 0.6 is 24.0 Å². The summed E-state index contributed by atoms with van der Waals surface area (Å²) >= 11 is 0. The van der Waals surface area contributed by atoms with Crippen LogP contribution < -0.4 is 20.1 Å². The van der Waals surface area contributed by atoms with Crippen molar-refractivity contribution < 1.29 is 18.6 Å². The fourth-order valence-corrected chi connectivity index (χ4v) is 3.07. The number of nitrogens with one attached hydrogen (secondary N) is 2. The van der Waals surface area contributed by atoms with Crippen LogP contribution in [0.2, 0.25) is 0 Å². The molecule has 0 amide bonds. The Hall–Kier alpha value is -1.94. The standard InChI is InChI=1S/C21H29N3O4.HI/c1-25-19-6-5-16(12-20(19)26-2)13-23-21(24-14-17-8-11-27-15-17)22-9-7-18-4-3-10-28-18;/h3-6,10,12,17H,7-9,11,13-15H2,1-2H3,(H2,22,23,24);1H. The number of halogens is 1. The van der Waals surface area contributed by atoms with E-state index >= 15 is 0 Å². The van der Waals surface area contributed by atoms with Gasteiger partial charge in [-0.05, 0) is 36.2 Å². The first kappa shape index (κ1) is 23.3. The van der Waals surface area contributed by atoms with Crippen LogP contribution in [0.5, 0.6) is 11.5 Å². The van der Waals surface area contributed by atoms with Crippen LogP contribution in [0.15, 0.2) is 46.0 Å². The Morgan fingerprint density at radius 1 is 1.17 bits per heavy atom. The molecule has 0 spiro atoms. The summed E-state index contributed by atoms with van der Waals surface area (Å²) < 4.78 is 21.5. The van der Waals surface area contributed by atoms with Crippen LogP contribution in [0.25, 0.3) is 0 Å². The highest BCUT2D eigenvalue weighted by Gasteiger charge is 2.15. The van der Waals surface area contributed by atoms with Gasteiger partial charge in [0.1, 0.15) is 5.76 Å². The number of rotatable bonds is 9. The molecule has 160 valence electrons. The van der Waals surface area contributed by atoms with E-state index in [0.29, 0.717) is 24.0 Å². The minimum Gasteiger partial charge on any atom is -0.493 e. The van der Waals surface area contributed by atoms with E-state index in [1.165, 1.54) is 0 Å². The average molecular weight is 515 g/mol. The van der Waals surface area contributed by atoms with E-state index < -0.39 is 0 Å². The lowest BCUT2D eigenvalue weighted by Crippen LogP contribution is -2.40. The quantitative estimate of drug-likeness (QED) is 0.304. The van der Waals surface area contributed by atoms with Gasteiger partial charge in [0.05, 0.1) is 33.6 Å². The van der Waals surface area contributed by atoms with E-state index in [9.17, 15) is 0 Å². The number of hydrogen-bond acceptors (Lipinski definition) is 5. The van der Waals surface area contributed by atoms with E-state index in [1.54, 1.807) is 20.5 Å². The SMILES string of the molecule is COc1ccc(CN=C(NCCc2ccco2)NCC2CCOC2)cc1OC.I. The van der Waals surface area contributed by atoms with Gasteiger partial charge < -0.3 is 29.3 Å². The molecule has 0 radical (unpaired) electrons. The van der Waals surface area contributed by atoms with Gasteiger partial charge >= 0.3 is 0 Å². The fraction of sp³-hybridized carbons (Fsp3) is 0.476. The molecule has 29 heavy (non-hydrogen) atoms. The van der Waals surface area contributed by atoms with E-state index in [0.717, 1.165) is 56.4 Å². The molecule has 0 aliphatic carbocycles. The Bertz CT molecular complexity index is 746. The van der Waals surface area contributed by atoms with Crippen molar-refractivity contribution in [3.63, 3.8) is 0 Å². The maximum absolute atomic E-state index is 5.46. The minimum absolute atomic E-state index is 0. The van der Waals surface area contributed by atoms with Gasteiger partial charge in [-0.25, -0.2) is 4.99 Å². The van der Waals surface area contributed by atoms with Crippen molar-refractivity contribution in [2.24, 2.45) is 10.9 Å². The summed E-state index contributed by atoms with van der Waals surface area (Å²) in [7, 11) is 3.27. The number of guanidine groups is 1. The molecule has 1 aromatic carbocycles. The summed E-state index contributed by atoms with van der Waals surface area (Å²) in [6.45, 7) is 3.78. The number of nitrogens with zero attached hydrogens (tertiary/aromatic N) is 1. The van der Waals surface area contributed by atoms with Gasteiger partial charge in [-0.15, -0.1) is 24.0 Å². The van der Waals surface area contributed by atoms with E-state index in [-0.39, 0.29) is 24.0 Å². The first-order valence-electron chi connectivity index (χ1n) is 9.61. The molecule has 8 heteroatoms. The molecule has 7 nitrogen and oxygen atoms in total. The highest BCUT2D eigenvalue weighted by atomic mass is 127. The van der Waals surface area contributed by atoms with Gasteiger partial charge in [0.15, 0.2) is 17.5 Å². The van der Waals surface area contributed by atoms with Gasteiger partial charge in [0.25, 0.3) is 0 Å². The Labute approximate surface area is 189 Å². The van der Waals surface area contributed by atoms with Crippen molar-refractivity contribution in [3.8, 4) is 11.5 Å². The van der Waals surface area contributed by atoms with Crippen LogP contribution in [-0.4, -0.2) is 46.5 Å². The molecule has 1 saturated heterocycles. The highest BCUT2D eigenvalue weighted by Crippen LogP contribution is 2.27. The lowest BCUT2D eigenvalue weighted by atomic mass is 10.1. The number of furan rings is 1. The lowest BCUT2D eigenvalue weighted by molar-refractivity contribution is 0.186. The summed E-state index contributed by atoms with van der Waals surface area (Å²) in [6.07, 6.45) is 3.58. The van der Waals surface area contributed by atoms with Crippen LogP contribution in [-0.2, 0) is 17.7 Å². The third-order valence-electron chi connectivity index (χ3n) is 4.69. The summed E-state index contributed by atoms with van der Waals surface area (Å²) in [6, 6.07) is 9.73. The van der Waals surface area contributed by atoms with E-state index in [1.807, 2.05) is 30.3 Å². The first-order valence-corrected chi connectivity index (χ1v) is 9.61. The predicted molar refractivity (Wildman–Crippen MR) is 123 cm³/mol. The number of benzene rings is 1. The minimum atomic E-state index is 0. The van der Waals surface area contributed by atoms with Crippen molar-refractivity contribution in [2.45, 2.75) is 19.4 Å². The Kier molecular flexibility index (Phi) is 10.1. The summed E-state index contributed by atoms with van der Waals surface area (Å²) in [5, 5.41) is 6.82. The van der Waals surface area contributed by atoms with Gasteiger partial charge in [0.2, 0.25) is 0 Å². The number of hydrogen-bond donors (Lipinski definition) is 2. The highest BCUT2D eigenvalue weighted by molar-refractivity contribution is 14.0. The molecule has 3 rings (SSSR count). The summed E-state index contributed by atoms with van der Waals surface area (Å²) in [4.78, 5) is 4.73. The summed E-state index contributed by atoms with van der Waals surface area (Å²) in [5.41, 5.74) is 1.05. The zero-order chi connectivity index (χ0) is 19.6. The third kappa shape index (κ3) is 7.43. The van der Waals surface area contributed by atoms with E-state index in [2.05, 4.69) is 10.6 Å². The molecule has 1 aromatic heterocycles. The Morgan fingerprint density at radius 2 is 2.03 bits per heavy atom. The van der Waals surface area contributed by atoms with Crippen LogP contribution in [0.4, 0.5) is 0 Å². The zero-order valence-electron chi connectivity index (χ0n) is 17.0. The van der Waals surface area contributed by atoms with Gasteiger partial charge in [-0.1, -0.05) is 6.07 Å². The van der Waals surface area contributed by atoms with Crippen molar-refractivity contribution in [3.05, 3.63) is 47.9 Å².